The third-order valence-corrected chi connectivity index (χ3v) is 2.65. The summed E-state index contributed by atoms with van der Waals surface area (Å²) in [6, 6.07) is 5.27. The summed E-state index contributed by atoms with van der Waals surface area (Å²) < 4.78 is 13.1. The van der Waals surface area contributed by atoms with E-state index in [2.05, 4.69) is 10.2 Å². The molecule has 0 bridgehead atoms. The van der Waals surface area contributed by atoms with Crippen molar-refractivity contribution in [2.45, 2.75) is 13.0 Å². The van der Waals surface area contributed by atoms with Gasteiger partial charge in [0.2, 0.25) is 0 Å². The quantitative estimate of drug-likeness (QED) is 0.792. The molecule has 1 N–H and O–H groups in total. The number of benzene rings is 1. The van der Waals surface area contributed by atoms with Crippen LogP contribution >= 0.6 is 0 Å². The fraction of sp³-hybridized carbons (Fsp3) is 0.455. The van der Waals surface area contributed by atoms with Crippen LogP contribution in [0.2, 0.25) is 0 Å². The van der Waals surface area contributed by atoms with Crippen LogP contribution in [0.5, 0.6) is 0 Å². The van der Waals surface area contributed by atoms with Gasteiger partial charge in [0.15, 0.2) is 0 Å². The first kappa shape index (κ1) is 9.46. The zero-order chi connectivity index (χ0) is 9.97. The first-order chi connectivity index (χ1) is 6.79. The van der Waals surface area contributed by atoms with Crippen LogP contribution in [-0.4, -0.2) is 25.0 Å². The number of anilines is 1. The van der Waals surface area contributed by atoms with Gasteiger partial charge in [-0.15, -0.1) is 0 Å². The number of hydrogen-bond acceptors (Lipinski definition) is 2. The summed E-state index contributed by atoms with van der Waals surface area (Å²) in [5.74, 6) is -0.181. The SMILES string of the molecule is CNc1cc(CN2CCC2)ccc1F. The van der Waals surface area contributed by atoms with E-state index in [9.17, 15) is 4.39 Å². The molecule has 1 aromatic rings. The van der Waals surface area contributed by atoms with E-state index in [-0.39, 0.29) is 5.82 Å². The Morgan fingerprint density at radius 1 is 1.43 bits per heavy atom. The largest absolute Gasteiger partial charge is 0.386 e. The van der Waals surface area contributed by atoms with Crippen LogP contribution in [-0.2, 0) is 6.54 Å². The smallest absolute Gasteiger partial charge is 0.146 e. The summed E-state index contributed by atoms with van der Waals surface area (Å²) in [6.45, 7) is 3.29. The Morgan fingerprint density at radius 2 is 2.21 bits per heavy atom. The molecule has 0 atom stereocenters. The molecule has 1 heterocycles. The predicted octanol–water partition coefficient (Wildman–Crippen LogP) is 2.07. The minimum Gasteiger partial charge on any atom is -0.386 e. The molecule has 2 rings (SSSR count). The van der Waals surface area contributed by atoms with Gasteiger partial charge in [-0.05, 0) is 37.2 Å². The molecule has 0 aromatic heterocycles. The summed E-state index contributed by atoms with van der Waals surface area (Å²) in [6.07, 6.45) is 1.29. The number of hydrogen-bond donors (Lipinski definition) is 1. The minimum atomic E-state index is -0.181. The Hall–Kier alpha value is -1.09. The second-order valence-corrected chi connectivity index (χ2v) is 3.69. The Kier molecular flexibility index (Phi) is 2.68. The average molecular weight is 194 g/mol. The monoisotopic (exact) mass is 194 g/mol. The third kappa shape index (κ3) is 1.87. The molecule has 1 aliphatic heterocycles. The van der Waals surface area contributed by atoms with E-state index in [4.69, 9.17) is 0 Å². The van der Waals surface area contributed by atoms with Crippen molar-refractivity contribution in [3.8, 4) is 0 Å². The Balaban J connectivity index is 2.09. The van der Waals surface area contributed by atoms with Crippen LogP contribution in [0.25, 0.3) is 0 Å². The van der Waals surface area contributed by atoms with Gasteiger partial charge < -0.3 is 5.32 Å². The molecule has 0 amide bonds. The summed E-state index contributed by atoms with van der Waals surface area (Å²) in [4.78, 5) is 2.35. The standard InChI is InChI=1S/C11H15FN2/c1-13-11-7-9(3-4-10(11)12)8-14-5-2-6-14/h3-4,7,13H,2,5-6,8H2,1H3. The lowest BCUT2D eigenvalue weighted by atomic mass is 10.1. The first-order valence-electron chi connectivity index (χ1n) is 4.98. The van der Waals surface area contributed by atoms with Gasteiger partial charge in [0.05, 0.1) is 5.69 Å². The van der Waals surface area contributed by atoms with Gasteiger partial charge in [-0.1, -0.05) is 6.07 Å². The summed E-state index contributed by atoms with van der Waals surface area (Å²) >= 11 is 0. The van der Waals surface area contributed by atoms with Crippen LogP contribution in [0.1, 0.15) is 12.0 Å². The highest BCUT2D eigenvalue weighted by atomic mass is 19.1. The molecule has 1 fully saturated rings. The van der Waals surface area contributed by atoms with E-state index in [1.165, 1.54) is 31.1 Å². The van der Waals surface area contributed by atoms with E-state index in [1.54, 1.807) is 7.05 Å². The topological polar surface area (TPSA) is 15.3 Å². The molecule has 3 heteroatoms. The molecule has 1 aromatic carbocycles. The van der Waals surface area contributed by atoms with E-state index >= 15 is 0 Å². The molecule has 0 saturated carbocycles. The van der Waals surface area contributed by atoms with Gasteiger partial charge in [0.25, 0.3) is 0 Å². The van der Waals surface area contributed by atoms with Gasteiger partial charge in [-0.3, -0.25) is 4.90 Å². The number of halogens is 1. The first-order valence-corrected chi connectivity index (χ1v) is 4.98. The van der Waals surface area contributed by atoms with Crippen LogP contribution < -0.4 is 5.32 Å². The predicted molar refractivity (Wildman–Crippen MR) is 55.8 cm³/mol. The van der Waals surface area contributed by atoms with E-state index in [0.717, 1.165) is 6.54 Å². The van der Waals surface area contributed by atoms with Gasteiger partial charge in [0, 0.05) is 13.6 Å². The van der Waals surface area contributed by atoms with E-state index in [0.29, 0.717) is 5.69 Å². The highest BCUT2D eigenvalue weighted by Crippen LogP contribution is 2.18. The van der Waals surface area contributed by atoms with Crippen molar-refractivity contribution < 1.29 is 4.39 Å². The van der Waals surface area contributed by atoms with Crippen molar-refractivity contribution in [1.82, 2.24) is 4.90 Å². The summed E-state index contributed by atoms with van der Waals surface area (Å²) in [5, 5.41) is 2.85. The lowest BCUT2D eigenvalue weighted by Crippen LogP contribution is -2.36. The van der Waals surface area contributed by atoms with E-state index in [1.807, 2.05) is 12.1 Å². The summed E-state index contributed by atoms with van der Waals surface area (Å²) in [5.41, 5.74) is 1.76. The van der Waals surface area contributed by atoms with Gasteiger partial charge in [-0.2, -0.15) is 0 Å². The van der Waals surface area contributed by atoms with Crippen molar-refractivity contribution in [3.05, 3.63) is 29.6 Å². The molecule has 76 valence electrons. The minimum absolute atomic E-state index is 0.181. The zero-order valence-corrected chi connectivity index (χ0v) is 8.39. The fourth-order valence-corrected chi connectivity index (χ4v) is 1.66. The Bertz CT molecular complexity index is 321. The number of nitrogens with one attached hydrogen (secondary N) is 1. The van der Waals surface area contributed by atoms with Gasteiger partial charge in [0.1, 0.15) is 5.82 Å². The molecular formula is C11H15FN2. The summed E-state index contributed by atoms with van der Waals surface area (Å²) in [7, 11) is 1.74. The molecule has 0 unspecified atom stereocenters. The third-order valence-electron chi connectivity index (χ3n) is 2.65. The number of nitrogens with zero attached hydrogens (tertiary/aromatic N) is 1. The van der Waals surface area contributed by atoms with Crippen LogP contribution in [0.3, 0.4) is 0 Å². The van der Waals surface area contributed by atoms with Crippen molar-refractivity contribution in [2.24, 2.45) is 0 Å². The number of likely N-dealkylation sites (tertiary alicyclic amines) is 1. The normalized spacial score (nSPS) is 16.4. The lowest BCUT2D eigenvalue weighted by molar-refractivity contribution is 0.172. The van der Waals surface area contributed by atoms with Crippen LogP contribution in [0, 0.1) is 5.82 Å². The van der Waals surface area contributed by atoms with Crippen molar-refractivity contribution >= 4 is 5.69 Å². The van der Waals surface area contributed by atoms with Gasteiger partial charge >= 0.3 is 0 Å². The fourth-order valence-electron chi connectivity index (χ4n) is 1.66. The van der Waals surface area contributed by atoms with E-state index < -0.39 is 0 Å². The molecule has 14 heavy (non-hydrogen) atoms. The molecule has 0 spiro atoms. The van der Waals surface area contributed by atoms with Crippen LogP contribution in [0.4, 0.5) is 10.1 Å². The molecular weight excluding hydrogens is 179 g/mol. The second-order valence-electron chi connectivity index (χ2n) is 3.69. The maximum atomic E-state index is 13.1. The van der Waals surface area contributed by atoms with Crippen LogP contribution in [0.15, 0.2) is 18.2 Å². The van der Waals surface area contributed by atoms with Crippen molar-refractivity contribution in [3.63, 3.8) is 0 Å². The Labute approximate surface area is 83.7 Å². The van der Waals surface area contributed by atoms with Gasteiger partial charge in [-0.25, -0.2) is 4.39 Å². The lowest BCUT2D eigenvalue weighted by Gasteiger charge is -2.30. The molecule has 0 radical (unpaired) electrons. The molecule has 2 nitrogen and oxygen atoms in total. The zero-order valence-electron chi connectivity index (χ0n) is 8.39. The van der Waals surface area contributed by atoms with Crippen molar-refractivity contribution in [2.75, 3.05) is 25.5 Å². The number of rotatable bonds is 3. The Morgan fingerprint density at radius 3 is 2.79 bits per heavy atom. The molecule has 1 aliphatic rings. The highest BCUT2D eigenvalue weighted by Gasteiger charge is 2.14. The maximum absolute atomic E-state index is 13.1. The highest BCUT2D eigenvalue weighted by molar-refractivity contribution is 5.46. The maximum Gasteiger partial charge on any atom is 0.146 e. The second kappa shape index (κ2) is 3.96. The molecule has 1 saturated heterocycles. The molecule has 0 aliphatic carbocycles. The van der Waals surface area contributed by atoms with Crippen molar-refractivity contribution in [1.29, 1.82) is 0 Å². The average Bonchev–Trinajstić information content (AvgIpc) is 2.14.